The molecule has 0 radical (unpaired) electrons. The lowest BCUT2D eigenvalue weighted by molar-refractivity contribution is -0.140. The Labute approximate surface area is 189 Å². The second-order valence-electron chi connectivity index (χ2n) is 9.71. The number of aromatic amines is 1. The Bertz CT molecular complexity index is 1060. The molecule has 2 aliphatic rings. The van der Waals surface area contributed by atoms with E-state index < -0.39 is 11.4 Å². The van der Waals surface area contributed by atoms with Crippen LogP contribution in [0.25, 0.3) is 16.6 Å². The summed E-state index contributed by atoms with van der Waals surface area (Å²) in [6.07, 6.45) is 4.09. The molecule has 0 atom stereocenters. The average molecular weight is 440 g/mol. The number of ether oxygens (including phenoxy) is 1. The molecule has 0 spiro atoms. The van der Waals surface area contributed by atoms with Crippen LogP contribution in [0.5, 0.6) is 0 Å². The number of hydrogen-bond acceptors (Lipinski definition) is 5. The molecule has 0 bridgehead atoms. The number of carbonyl (C=O) groups is 2. The van der Waals surface area contributed by atoms with Crippen LogP contribution < -0.4 is 0 Å². The van der Waals surface area contributed by atoms with Crippen LogP contribution in [0.15, 0.2) is 24.5 Å². The van der Waals surface area contributed by atoms with Crippen molar-refractivity contribution in [1.82, 2.24) is 24.7 Å². The van der Waals surface area contributed by atoms with Crippen molar-refractivity contribution in [2.24, 2.45) is 0 Å². The summed E-state index contributed by atoms with van der Waals surface area (Å²) in [4.78, 5) is 40.5. The molecule has 2 amide bonds. The molecule has 1 fully saturated rings. The Morgan fingerprint density at radius 2 is 1.97 bits per heavy atom. The van der Waals surface area contributed by atoms with Gasteiger partial charge in [0.25, 0.3) is 0 Å². The zero-order chi connectivity index (χ0) is 23.0. The number of nitrogens with zero attached hydrogens (tertiary/aromatic N) is 4. The van der Waals surface area contributed by atoms with Crippen molar-refractivity contribution >= 4 is 28.6 Å². The van der Waals surface area contributed by atoms with Crippen LogP contribution in [-0.2, 0) is 14.9 Å². The summed E-state index contributed by atoms with van der Waals surface area (Å²) in [6, 6.07) is 3.74. The summed E-state index contributed by atoms with van der Waals surface area (Å²) in [6.45, 7) is 11.4. The standard InChI is InChI=1S/C24H33N5O3/c1-16(2)32-22(30)17-14-29(23(31)28-11-7-10-27(5)12-13-28)15-24(3,4)19-20(17)26-18-8-6-9-25-21(18)19/h6,8-9,14,16,26H,7,10-13,15H2,1-5H3. The first-order chi connectivity index (χ1) is 15.2. The van der Waals surface area contributed by atoms with Gasteiger partial charge in [0.1, 0.15) is 0 Å². The molecule has 0 aliphatic carbocycles. The maximum absolute atomic E-state index is 13.6. The number of nitrogens with one attached hydrogen (secondary N) is 1. The Kier molecular flexibility index (Phi) is 5.99. The van der Waals surface area contributed by atoms with E-state index in [1.165, 1.54) is 0 Å². The number of rotatable bonds is 2. The van der Waals surface area contributed by atoms with Gasteiger partial charge in [-0.05, 0) is 46.0 Å². The molecule has 0 unspecified atom stereocenters. The zero-order valence-electron chi connectivity index (χ0n) is 19.6. The second kappa shape index (κ2) is 8.58. The van der Waals surface area contributed by atoms with Gasteiger partial charge in [0, 0.05) is 49.6 Å². The summed E-state index contributed by atoms with van der Waals surface area (Å²) >= 11 is 0. The summed E-state index contributed by atoms with van der Waals surface area (Å²) in [5.41, 5.74) is 3.23. The summed E-state index contributed by atoms with van der Waals surface area (Å²) in [7, 11) is 2.08. The van der Waals surface area contributed by atoms with Crippen molar-refractivity contribution in [3.05, 3.63) is 35.8 Å². The largest absolute Gasteiger partial charge is 0.459 e. The van der Waals surface area contributed by atoms with Gasteiger partial charge in [0.15, 0.2) is 0 Å². The van der Waals surface area contributed by atoms with Gasteiger partial charge in [-0.1, -0.05) is 13.8 Å². The van der Waals surface area contributed by atoms with E-state index >= 15 is 0 Å². The molecule has 0 aromatic carbocycles. The average Bonchev–Trinajstić information content (AvgIpc) is 2.91. The van der Waals surface area contributed by atoms with Gasteiger partial charge in [-0.2, -0.15) is 0 Å². The third kappa shape index (κ3) is 4.24. The van der Waals surface area contributed by atoms with Crippen LogP contribution in [0, 0.1) is 0 Å². The van der Waals surface area contributed by atoms with Gasteiger partial charge in [-0.15, -0.1) is 0 Å². The quantitative estimate of drug-likeness (QED) is 0.727. The van der Waals surface area contributed by atoms with Crippen LogP contribution in [-0.4, -0.2) is 82.5 Å². The van der Waals surface area contributed by atoms with Gasteiger partial charge in [0.2, 0.25) is 0 Å². The minimum atomic E-state index is -0.445. The summed E-state index contributed by atoms with van der Waals surface area (Å²) in [5.74, 6) is -0.445. The predicted octanol–water partition coefficient (Wildman–Crippen LogP) is 3.21. The predicted molar refractivity (Wildman–Crippen MR) is 124 cm³/mol. The summed E-state index contributed by atoms with van der Waals surface area (Å²) < 4.78 is 5.57. The Hall–Kier alpha value is -2.87. The van der Waals surface area contributed by atoms with Crippen molar-refractivity contribution in [2.45, 2.75) is 45.6 Å². The smallest absolute Gasteiger partial charge is 0.342 e. The number of amides is 2. The van der Waals surface area contributed by atoms with Crippen LogP contribution in [0.1, 0.15) is 45.4 Å². The summed E-state index contributed by atoms with van der Waals surface area (Å²) in [5, 5.41) is 0. The molecule has 8 nitrogen and oxygen atoms in total. The van der Waals surface area contributed by atoms with E-state index in [4.69, 9.17) is 4.74 Å². The molecule has 172 valence electrons. The molecule has 2 aliphatic heterocycles. The molecule has 1 saturated heterocycles. The van der Waals surface area contributed by atoms with Crippen molar-refractivity contribution < 1.29 is 14.3 Å². The van der Waals surface area contributed by atoms with E-state index in [1.54, 1.807) is 17.3 Å². The van der Waals surface area contributed by atoms with Crippen molar-refractivity contribution in [3.63, 3.8) is 0 Å². The lowest BCUT2D eigenvalue weighted by atomic mass is 9.83. The molecular formula is C24H33N5O3. The molecular weight excluding hydrogens is 406 g/mol. The van der Waals surface area contributed by atoms with Crippen molar-refractivity contribution in [2.75, 3.05) is 39.8 Å². The van der Waals surface area contributed by atoms with Gasteiger partial charge < -0.3 is 19.5 Å². The van der Waals surface area contributed by atoms with Crippen LogP contribution >= 0.6 is 0 Å². The normalized spacial score (nSPS) is 19.4. The second-order valence-corrected chi connectivity index (χ2v) is 9.71. The number of hydrogen-bond donors (Lipinski definition) is 1. The number of likely N-dealkylation sites (N-methyl/N-ethyl adjacent to an activating group) is 1. The zero-order valence-corrected chi connectivity index (χ0v) is 19.6. The molecule has 8 heteroatoms. The van der Waals surface area contributed by atoms with E-state index in [2.05, 4.69) is 35.8 Å². The van der Waals surface area contributed by atoms with E-state index in [0.717, 1.165) is 36.1 Å². The molecule has 0 saturated carbocycles. The Balaban J connectivity index is 1.79. The molecule has 32 heavy (non-hydrogen) atoms. The molecule has 2 aromatic heterocycles. The van der Waals surface area contributed by atoms with Crippen LogP contribution in [0.3, 0.4) is 0 Å². The first-order valence-corrected chi connectivity index (χ1v) is 11.3. The molecule has 4 rings (SSSR count). The highest BCUT2D eigenvalue weighted by Gasteiger charge is 2.39. The third-order valence-corrected chi connectivity index (χ3v) is 6.15. The fourth-order valence-electron chi connectivity index (χ4n) is 4.63. The highest BCUT2D eigenvalue weighted by atomic mass is 16.5. The maximum atomic E-state index is 13.6. The fraction of sp³-hybridized carbons (Fsp3) is 0.542. The van der Waals surface area contributed by atoms with Crippen molar-refractivity contribution in [1.29, 1.82) is 0 Å². The topological polar surface area (TPSA) is 81.8 Å². The highest BCUT2D eigenvalue weighted by Crippen LogP contribution is 2.39. The van der Waals surface area contributed by atoms with Gasteiger partial charge >= 0.3 is 12.0 Å². The molecule has 1 N–H and O–H groups in total. The molecule has 4 heterocycles. The fourth-order valence-corrected chi connectivity index (χ4v) is 4.63. The Morgan fingerprint density at radius 1 is 1.19 bits per heavy atom. The monoisotopic (exact) mass is 439 g/mol. The molecule has 2 aromatic rings. The minimum Gasteiger partial charge on any atom is -0.459 e. The van der Waals surface area contributed by atoms with Crippen LogP contribution in [0.2, 0.25) is 0 Å². The van der Waals surface area contributed by atoms with E-state index in [-0.39, 0.29) is 12.1 Å². The third-order valence-electron chi connectivity index (χ3n) is 6.15. The van der Waals surface area contributed by atoms with Crippen LogP contribution in [0.4, 0.5) is 4.79 Å². The number of carbonyl (C=O) groups excluding carboxylic acids is 2. The number of pyridine rings is 1. The number of fused-ring (bicyclic) bond motifs is 3. The van der Waals surface area contributed by atoms with E-state index in [9.17, 15) is 9.59 Å². The van der Waals surface area contributed by atoms with Gasteiger partial charge in [0.05, 0.1) is 28.4 Å². The SMILES string of the molecule is CC(C)OC(=O)C1=CN(C(=O)N2CCCN(C)CC2)CC(C)(C)c2c1[nH]c1cccnc21. The number of urea groups is 1. The van der Waals surface area contributed by atoms with Gasteiger partial charge in [-0.3, -0.25) is 9.88 Å². The Morgan fingerprint density at radius 3 is 2.72 bits per heavy atom. The van der Waals surface area contributed by atoms with Gasteiger partial charge in [-0.25, -0.2) is 9.59 Å². The lowest BCUT2D eigenvalue weighted by Gasteiger charge is -2.33. The highest BCUT2D eigenvalue weighted by molar-refractivity contribution is 6.18. The lowest BCUT2D eigenvalue weighted by Crippen LogP contribution is -2.46. The minimum absolute atomic E-state index is 0.0781. The number of esters is 1. The van der Waals surface area contributed by atoms with E-state index in [0.29, 0.717) is 30.9 Å². The number of aromatic nitrogens is 2. The first-order valence-electron chi connectivity index (χ1n) is 11.3. The van der Waals surface area contributed by atoms with Crippen molar-refractivity contribution in [3.8, 4) is 0 Å². The first kappa shape index (κ1) is 22.3. The maximum Gasteiger partial charge on any atom is 0.342 e. The van der Waals surface area contributed by atoms with E-state index in [1.807, 2.05) is 30.9 Å². The number of H-pyrrole nitrogens is 1.